The standard InChI is InChI=1S/C14H18N2O3/c1-3-6-16-12(17)7-11(14(18)19)13(16)10-5-4-9(2)15-8-10/h4-5,8,11,13H,3,6-7H2,1-2H3,(H,18,19). The Morgan fingerprint density at radius 3 is 2.79 bits per heavy atom. The van der Waals surface area contributed by atoms with Crippen LogP contribution < -0.4 is 0 Å². The number of hydrogen-bond acceptors (Lipinski definition) is 3. The van der Waals surface area contributed by atoms with Gasteiger partial charge in [0.05, 0.1) is 12.0 Å². The summed E-state index contributed by atoms with van der Waals surface area (Å²) in [6.45, 7) is 4.44. The topological polar surface area (TPSA) is 70.5 Å². The molecule has 2 heterocycles. The summed E-state index contributed by atoms with van der Waals surface area (Å²) in [7, 11) is 0. The lowest BCUT2D eigenvalue weighted by Crippen LogP contribution is -2.31. The van der Waals surface area contributed by atoms with Gasteiger partial charge in [0, 0.05) is 24.9 Å². The number of carboxylic acids is 1. The van der Waals surface area contributed by atoms with E-state index in [0.29, 0.717) is 6.54 Å². The minimum atomic E-state index is -0.919. The number of likely N-dealkylation sites (tertiary alicyclic amines) is 1. The van der Waals surface area contributed by atoms with Gasteiger partial charge < -0.3 is 10.0 Å². The first-order chi connectivity index (χ1) is 9.04. The molecule has 1 aliphatic rings. The van der Waals surface area contributed by atoms with E-state index >= 15 is 0 Å². The van der Waals surface area contributed by atoms with Crippen LogP contribution in [-0.2, 0) is 9.59 Å². The monoisotopic (exact) mass is 262 g/mol. The molecule has 2 atom stereocenters. The molecule has 0 bridgehead atoms. The number of rotatable bonds is 4. The van der Waals surface area contributed by atoms with E-state index in [4.69, 9.17) is 0 Å². The van der Waals surface area contributed by atoms with Crippen molar-refractivity contribution in [2.24, 2.45) is 5.92 Å². The summed E-state index contributed by atoms with van der Waals surface area (Å²) in [6.07, 6.45) is 2.57. The molecule has 1 fully saturated rings. The quantitative estimate of drug-likeness (QED) is 0.897. The second-order valence-electron chi connectivity index (χ2n) is 4.91. The highest BCUT2D eigenvalue weighted by Gasteiger charge is 2.44. The largest absolute Gasteiger partial charge is 0.481 e. The normalized spacial score (nSPS) is 22.8. The van der Waals surface area contributed by atoms with E-state index in [9.17, 15) is 14.7 Å². The van der Waals surface area contributed by atoms with Crippen LogP contribution in [0.5, 0.6) is 0 Å². The third-order valence-corrected chi connectivity index (χ3v) is 3.49. The molecular formula is C14H18N2O3. The lowest BCUT2D eigenvalue weighted by Gasteiger charge is -2.26. The summed E-state index contributed by atoms with van der Waals surface area (Å²) in [6, 6.07) is 3.32. The van der Waals surface area contributed by atoms with E-state index in [1.165, 1.54) is 0 Å². The average Bonchev–Trinajstić information content (AvgIpc) is 2.69. The van der Waals surface area contributed by atoms with E-state index in [0.717, 1.165) is 17.7 Å². The Bertz CT molecular complexity index is 484. The van der Waals surface area contributed by atoms with E-state index < -0.39 is 17.9 Å². The molecule has 5 heteroatoms. The van der Waals surface area contributed by atoms with Crippen LogP contribution >= 0.6 is 0 Å². The zero-order valence-electron chi connectivity index (χ0n) is 11.2. The highest BCUT2D eigenvalue weighted by Crippen LogP contribution is 2.38. The minimum absolute atomic E-state index is 0.0773. The van der Waals surface area contributed by atoms with Crippen molar-refractivity contribution in [2.45, 2.75) is 32.7 Å². The molecule has 0 spiro atoms. The molecule has 1 aromatic rings. The van der Waals surface area contributed by atoms with Crippen LogP contribution in [0.2, 0.25) is 0 Å². The number of nitrogens with zero attached hydrogens (tertiary/aromatic N) is 2. The Kier molecular flexibility index (Phi) is 3.83. The first-order valence-corrected chi connectivity index (χ1v) is 6.49. The van der Waals surface area contributed by atoms with Crippen molar-refractivity contribution < 1.29 is 14.7 Å². The van der Waals surface area contributed by atoms with Crippen LogP contribution in [-0.4, -0.2) is 33.4 Å². The molecular weight excluding hydrogens is 244 g/mol. The smallest absolute Gasteiger partial charge is 0.309 e. The molecule has 102 valence electrons. The first kappa shape index (κ1) is 13.5. The maximum atomic E-state index is 12.0. The lowest BCUT2D eigenvalue weighted by molar-refractivity contribution is -0.142. The number of aryl methyl sites for hydroxylation is 1. The number of aliphatic carboxylic acids is 1. The van der Waals surface area contributed by atoms with Crippen LogP contribution in [0.15, 0.2) is 18.3 Å². The SMILES string of the molecule is CCCN1C(=O)CC(C(=O)O)C1c1ccc(C)nc1. The highest BCUT2D eigenvalue weighted by molar-refractivity contribution is 5.87. The molecule has 1 saturated heterocycles. The molecule has 1 N–H and O–H groups in total. The summed E-state index contributed by atoms with van der Waals surface area (Å²) in [5.41, 5.74) is 1.68. The molecule has 1 aliphatic heterocycles. The number of aromatic nitrogens is 1. The predicted molar refractivity (Wildman–Crippen MR) is 69.5 cm³/mol. The third-order valence-electron chi connectivity index (χ3n) is 3.49. The maximum Gasteiger partial charge on any atom is 0.309 e. The van der Waals surface area contributed by atoms with Gasteiger partial charge in [0.25, 0.3) is 0 Å². The molecule has 0 radical (unpaired) electrons. The van der Waals surface area contributed by atoms with Gasteiger partial charge in [0.15, 0.2) is 0 Å². The van der Waals surface area contributed by atoms with Crippen LogP contribution in [0.3, 0.4) is 0 Å². The number of amides is 1. The van der Waals surface area contributed by atoms with Gasteiger partial charge in [-0.05, 0) is 25.0 Å². The number of hydrogen-bond donors (Lipinski definition) is 1. The van der Waals surface area contributed by atoms with Crippen LogP contribution in [0.1, 0.15) is 37.1 Å². The maximum absolute atomic E-state index is 12.0. The molecule has 19 heavy (non-hydrogen) atoms. The number of pyridine rings is 1. The summed E-state index contributed by atoms with van der Waals surface area (Å²) in [4.78, 5) is 29.2. The van der Waals surface area contributed by atoms with Crippen molar-refractivity contribution in [1.29, 1.82) is 0 Å². The Balaban J connectivity index is 2.37. The van der Waals surface area contributed by atoms with E-state index in [2.05, 4.69) is 4.98 Å². The lowest BCUT2D eigenvalue weighted by atomic mass is 9.94. The summed E-state index contributed by atoms with van der Waals surface area (Å²) in [5.74, 6) is -1.68. The first-order valence-electron chi connectivity index (χ1n) is 6.49. The Morgan fingerprint density at radius 2 is 2.26 bits per heavy atom. The minimum Gasteiger partial charge on any atom is -0.481 e. The average molecular weight is 262 g/mol. The van der Waals surface area contributed by atoms with Crippen molar-refractivity contribution in [1.82, 2.24) is 9.88 Å². The van der Waals surface area contributed by atoms with Crippen LogP contribution in [0.4, 0.5) is 0 Å². The second-order valence-corrected chi connectivity index (χ2v) is 4.91. The zero-order chi connectivity index (χ0) is 14.0. The van der Waals surface area contributed by atoms with Gasteiger partial charge >= 0.3 is 5.97 Å². The number of carboxylic acid groups (broad SMARTS) is 1. The fraction of sp³-hybridized carbons (Fsp3) is 0.500. The summed E-state index contributed by atoms with van der Waals surface area (Å²) < 4.78 is 0. The summed E-state index contributed by atoms with van der Waals surface area (Å²) >= 11 is 0. The fourth-order valence-electron chi connectivity index (χ4n) is 2.58. The van der Waals surface area contributed by atoms with Crippen LogP contribution in [0.25, 0.3) is 0 Å². The number of carbonyl (C=O) groups is 2. The molecule has 0 saturated carbocycles. The van der Waals surface area contributed by atoms with Gasteiger partial charge in [-0.1, -0.05) is 13.0 Å². The van der Waals surface area contributed by atoms with Gasteiger partial charge in [0.2, 0.25) is 5.91 Å². The van der Waals surface area contributed by atoms with Crippen molar-refractivity contribution >= 4 is 11.9 Å². The molecule has 1 aromatic heterocycles. The predicted octanol–water partition coefficient (Wildman–Crippen LogP) is 1.77. The van der Waals surface area contributed by atoms with E-state index in [-0.39, 0.29) is 12.3 Å². The van der Waals surface area contributed by atoms with Gasteiger partial charge in [-0.3, -0.25) is 14.6 Å². The van der Waals surface area contributed by atoms with Crippen molar-refractivity contribution in [3.8, 4) is 0 Å². The third kappa shape index (κ3) is 2.59. The fourth-order valence-corrected chi connectivity index (χ4v) is 2.58. The van der Waals surface area contributed by atoms with Crippen molar-refractivity contribution in [2.75, 3.05) is 6.54 Å². The molecule has 2 rings (SSSR count). The van der Waals surface area contributed by atoms with Crippen molar-refractivity contribution in [3.63, 3.8) is 0 Å². The van der Waals surface area contributed by atoms with E-state index in [1.807, 2.05) is 26.0 Å². The molecule has 0 aromatic carbocycles. The molecule has 5 nitrogen and oxygen atoms in total. The van der Waals surface area contributed by atoms with Gasteiger partial charge in [-0.15, -0.1) is 0 Å². The second kappa shape index (κ2) is 5.38. The molecule has 2 unspecified atom stereocenters. The van der Waals surface area contributed by atoms with Gasteiger partial charge in [-0.25, -0.2) is 0 Å². The van der Waals surface area contributed by atoms with E-state index in [1.54, 1.807) is 11.1 Å². The molecule has 0 aliphatic carbocycles. The Labute approximate surface area is 112 Å². The van der Waals surface area contributed by atoms with Gasteiger partial charge in [0.1, 0.15) is 0 Å². The molecule has 1 amide bonds. The van der Waals surface area contributed by atoms with Crippen molar-refractivity contribution in [3.05, 3.63) is 29.6 Å². The highest BCUT2D eigenvalue weighted by atomic mass is 16.4. The number of carbonyl (C=O) groups excluding carboxylic acids is 1. The summed E-state index contributed by atoms with van der Waals surface area (Å²) in [5, 5.41) is 9.30. The van der Waals surface area contributed by atoms with Crippen LogP contribution in [0, 0.1) is 12.8 Å². The Hall–Kier alpha value is -1.91. The van der Waals surface area contributed by atoms with Gasteiger partial charge in [-0.2, -0.15) is 0 Å². The Morgan fingerprint density at radius 1 is 1.53 bits per heavy atom. The zero-order valence-corrected chi connectivity index (χ0v) is 11.2.